The summed E-state index contributed by atoms with van der Waals surface area (Å²) < 4.78 is 0. The Morgan fingerprint density at radius 3 is 0.714 bits per heavy atom. The minimum atomic E-state index is 0.812. The Morgan fingerprint density at radius 2 is 0.571 bits per heavy atom. The van der Waals surface area contributed by atoms with Gasteiger partial charge in [0, 0.05) is 0 Å². The lowest BCUT2D eigenvalue weighted by Crippen LogP contribution is -2.27. The quantitative estimate of drug-likeness (QED) is 0.593. The second-order valence-electron chi connectivity index (χ2n) is 5.92. The fourth-order valence-electron chi connectivity index (χ4n) is 2.17. The molecule has 0 fully saturated rings. The van der Waals surface area contributed by atoms with Crippen LogP contribution in [0.4, 0.5) is 0 Å². The molecule has 0 unspecified atom stereocenters. The molecular weight excluding hydrogens is 168 g/mol. The Hall–Kier alpha value is 0. The molecule has 86 valence electrons. The first-order chi connectivity index (χ1) is 6.29. The Bertz CT molecular complexity index is 128. The average molecular weight is 198 g/mol. The molecule has 4 atom stereocenters. The predicted octanol–water partition coefficient (Wildman–Crippen LogP) is 4.84. The van der Waals surface area contributed by atoms with Gasteiger partial charge in [-0.25, -0.2) is 0 Å². The van der Waals surface area contributed by atoms with E-state index in [1.54, 1.807) is 0 Å². The summed E-state index contributed by atoms with van der Waals surface area (Å²) in [5.74, 6) is 4.98. The van der Waals surface area contributed by atoms with Crippen molar-refractivity contribution in [3.05, 3.63) is 0 Å². The van der Waals surface area contributed by atoms with Gasteiger partial charge in [-0.3, -0.25) is 0 Å². The van der Waals surface area contributed by atoms with E-state index >= 15 is 0 Å². The molecule has 0 amide bonds. The standard InChI is InChI=1S/C14H30/c1-9(2)11(5)13(7)14(8)12(6)10(3)4/h9-14H,1-8H3/t11-,12-,13+,14+/m1/s1. The molecule has 0 saturated carbocycles. The molecule has 0 spiro atoms. The normalized spacial score (nSPS) is 21.0. The van der Waals surface area contributed by atoms with Crippen LogP contribution in [0.5, 0.6) is 0 Å². The van der Waals surface area contributed by atoms with E-state index in [0.717, 1.165) is 35.5 Å². The molecule has 0 aromatic heterocycles. The zero-order valence-corrected chi connectivity index (χ0v) is 11.5. The van der Waals surface area contributed by atoms with Crippen LogP contribution in [0, 0.1) is 35.5 Å². The van der Waals surface area contributed by atoms with Crippen molar-refractivity contribution >= 4 is 0 Å². The van der Waals surface area contributed by atoms with Crippen molar-refractivity contribution in [2.24, 2.45) is 35.5 Å². The van der Waals surface area contributed by atoms with Gasteiger partial charge in [0.15, 0.2) is 0 Å². The summed E-state index contributed by atoms with van der Waals surface area (Å²) in [4.78, 5) is 0. The molecular formula is C14H30. The van der Waals surface area contributed by atoms with Gasteiger partial charge in [0.2, 0.25) is 0 Å². The van der Waals surface area contributed by atoms with Crippen LogP contribution in [0.25, 0.3) is 0 Å². The molecule has 14 heavy (non-hydrogen) atoms. The SMILES string of the molecule is CC(C)[C@@H](C)[C@H](C)[C@@H](C)[C@H](C)C(C)C. The van der Waals surface area contributed by atoms with E-state index in [4.69, 9.17) is 0 Å². The fraction of sp³-hybridized carbons (Fsp3) is 1.00. The van der Waals surface area contributed by atoms with Crippen LogP contribution in [0.1, 0.15) is 55.4 Å². The molecule has 0 N–H and O–H groups in total. The van der Waals surface area contributed by atoms with Gasteiger partial charge in [-0.2, -0.15) is 0 Å². The summed E-state index contributed by atoms with van der Waals surface area (Å²) in [6, 6.07) is 0. The molecule has 0 aliphatic rings. The molecule has 0 aromatic carbocycles. The zero-order chi connectivity index (χ0) is 11.5. The Kier molecular flexibility index (Phi) is 5.78. The lowest BCUT2D eigenvalue weighted by atomic mass is 9.72. The summed E-state index contributed by atoms with van der Waals surface area (Å²) in [6.45, 7) is 19.0. The third-order valence-corrected chi connectivity index (χ3v) is 4.59. The Morgan fingerprint density at radius 1 is 0.357 bits per heavy atom. The van der Waals surface area contributed by atoms with Crippen LogP contribution in [-0.2, 0) is 0 Å². The third kappa shape index (κ3) is 3.63. The highest BCUT2D eigenvalue weighted by molar-refractivity contribution is 4.75. The molecule has 0 aliphatic heterocycles. The Balaban J connectivity index is 4.30. The summed E-state index contributed by atoms with van der Waals surface area (Å²) in [5.41, 5.74) is 0. The van der Waals surface area contributed by atoms with Gasteiger partial charge in [-0.05, 0) is 35.5 Å². The summed E-state index contributed by atoms with van der Waals surface area (Å²) in [5, 5.41) is 0. The maximum absolute atomic E-state index is 2.42. The highest BCUT2D eigenvalue weighted by atomic mass is 14.3. The monoisotopic (exact) mass is 198 g/mol. The van der Waals surface area contributed by atoms with Crippen molar-refractivity contribution in [1.82, 2.24) is 0 Å². The van der Waals surface area contributed by atoms with E-state index in [0.29, 0.717) is 0 Å². The zero-order valence-electron chi connectivity index (χ0n) is 11.5. The maximum Gasteiger partial charge on any atom is -0.0386 e. The lowest BCUT2D eigenvalue weighted by Gasteiger charge is -2.34. The van der Waals surface area contributed by atoms with Crippen molar-refractivity contribution < 1.29 is 0 Å². The van der Waals surface area contributed by atoms with Gasteiger partial charge < -0.3 is 0 Å². The fourth-order valence-corrected chi connectivity index (χ4v) is 2.17. The number of rotatable bonds is 5. The predicted molar refractivity (Wildman–Crippen MR) is 66.3 cm³/mol. The van der Waals surface area contributed by atoms with Crippen LogP contribution < -0.4 is 0 Å². The second-order valence-corrected chi connectivity index (χ2v) is 5.92. The van der Waals surface area contributed by atoms with E-state index in [9.17, 15) is 0 Å². The van der Waals surface area contributed by atoms with E-state index in [-0.39, 0.29) is 0 Å². The molecule has 0 heterocycles. The third-order valence-electron chi connectivity index (χ3n) is 4.59. The molecule has 0 aliphatic carbocycles. The van der Waals surface area contributed by atoms with Crippen molar-refractivity contribution in [2.45, 2.75) is 55.4 Å². The first-order valence-corrected chi connectivity index (χ1v) is 6.29. The highest BCUT2D eigenvalue weighted by Gasteiger charge is 2.26. The van der Waals surface area contributed by atoms with Crippen molar-refractivity contribution in [1.29, 1.82) is 0 Å². The van der Waals surface area contributed by atoms with Crippen LogP contribution in [0.3, 0.4) is 0 Å². The van der Waals surface area contributed by atoms with E-state index in [1.807, 2.05) is 0 Å². The summed E-state index contributed by atoms with van der Waals surface area (Å²) >= 11 is 0. The topological polar surface area (TPSA) is 0 Å². The van der Waals surface area contributed by atoms with Crippen molar-refractivity contribution in [3.63, 3.8) is 0 Å². The molecule has 0 aromatic rings. The van der Waals surface area contributed by atoms with Crippen LogP contribution in [0.2, 0.25) is 0 Å². The minimum absolute atomic E-state index is 0.812. The molecule has 0 radical (unpaired) electrons. The van der Waals surface area contributed by atoms with Crippen LogP contribution >= 0.6 is 0 Å². The van der Waals surface area contributed by atoms with Gasteiger partial charge in [0.05, 0.1) is 0 Å². The lowest BCUT2D eigenvalue weighted by molar-refractivity contribution is 0.150. The number of hydrogen-bond donors (Lipinski definition) is 0. The molecule has 0 saturated heterocycles. The van der Waals surface area contributed by atoms with E-state index < -0.39 is 0 Å². The highest BCUT2D eigenvalue weighted by Crippen LogP contribution is 2.33. The minimum Gasteiger partial charge on any atom is -0.0625 e. The van der Waals surface area contributed by atoms with E-state index in [1.165, 1.54) is 0 Å². The number of hydrogen-bond acceptors (Lipinski definition) is 0. The van der Waals surface area contributed by atoms with Crippen LogP contribution in [-0.4, -0.2) is 0 Å². The summed E-state index contributed by atoms with van der Waals surface area (Å²) in [6.07, 6.45) is 0. The van der Waals surface area contributed by atoms with Crippen LogP contribution in [0.15, 0.2) is 0 Å². The maximum atomic E-state index is 2.42. The Labute approximate surface area is 91.5 Å². The molecule has 0 nitrogen and oxygen atoms in total. The second kappa shape index (κ2) is 5.78. The smallest absolute Gasteiger partial charge is 0.0386 e. The molecule has 0 heteroatoms. The van der Waals surface area contributed by atoms with Gasteiger partial charge in [0.25, 0.3) is 0 Å². The van der Waals surface area contributed by atoms with Crippen molar-refractivity contribution in [2.75, 3.05) is 0 Å². The van der Waals surface area contributed by atoms with Gasteiger partial charge in [-0.1, -0.05) is 55.4 Å². The van der Waals surface area contributed by atoms with Gasteiger partial charge in [-0.15, -0.1) is 0 Å². The van der Waals surface area contributed by atoms with E-state index in [2.05, 4.69) is 55.4 Å². The molecule has 0 rings (SSSR count). The first-order valence-electron chi connectivity index (χ1n) is 6.29. The molecule has 0 bridgehead atoms. The van der Waals surface area contributed by atoms with Crippen molar-refractivity contribution in [3.8, 4) is 0 Å². The average Bonchev–Trinajstić information content (AvgIpc) is 2.12. The first kappa shape index (κ1) is 14.0. The van der Waals surface area contributed by atoms with Gasteiger partial charge >= 0.3 is 0 Å². The summed E-state index contributed by atoms with van der Waals surface area (Å²) in [7, 11) is 0. The van der Waals surface area contributed by atoms with Gasteiger partial charge in [0.1, 0.15) is 0 Å². The largest absolute Gasteiger partial charge is 0.0625 e.